The Kier molecular flexibility index (Phi) is 4.23. The molecule has 0 spiro atoms. The molecule has 100 valence electrons. The molecular weight excluding hydrogens is 322 g/mol. The minimum Gasteiger partial charge on any atom is -0.306 e. The average Bonchev–Trinajstić information content (AvgIpc) is 2.66. The number of rotatable bonds is 3. The predicted octanol–water partition coefficient (Wildman–Crippen LogP) is 4.06. The van der Waals surface area contributed by atoms with Crippen molar-refractivity contribution >= 4 is 27.7 Å². The van der Waals surface area contributed by atoms with Crippen molar-refractivity contribution in [1.82, 2.24) is 14.8 Å². The first-order valence-electron chi connectivity index (χ1n) is 6.62. The first-order valence-corrected chi connectivity index (χ1v) is 8.40. The highest BCUT2D eigenvalue weighted by Gasteiger charge is 2.14. The van der Waals surface area contributed by atoms with Gasteiger partial charge in [-0.15, -0.1) is 10.2 Å². The number of nitrogens with zero attached hydrogens (tertiary/aromatic N) is 3. The predicted molar refractivity (Wildman–Crippen MR) is 81.3 cm³/mol. The van der Waals surface area contributed by atoms with Gasteiger partial charge in [0.25, 0.3) is 0 Å². The van der Waals surface area contributed by atoms with Gasteiger partial charge in [0.2, 0.25) is 0 Å². The maximum absolute atomic E-state index is 4.34. The Morgan fingerprint density at radius 3 is 2.79 bits per heavy atom. The second-order valence-electron chi connectivity index (χ2n) is 4.78. The summed E-state index contributed by atoms with van der Waals surface area (Å²) in [5.74, 6) is 2.11. The van der Waals surface area contributed by atoms with Gasteiger partial charge in [0.15, 0.2) is 5.16 Å². The Morgan fingerprint density at radius 1 is 1.11 bits per heavy atom. The molecule has 0 saturated carbocycles. The molecule has 2 aromatic rings. The van der Waals surface area contributed by atoms with Gasteiger partial charge in [0.05, 0.1) is 0 Å². The Labute approximate surface area is 125 Å². The third-order valence-electron chi connectivity index (χ3n) is 3.36. The van der Waals surface area contributed by atoms with Gasteiger partial charge in [-0.2, -0.15) is 0 Å². The second-order valence-corrected chi connectivity index (χ2v) is 6.63. The molecule has 0 aliphatic carbocycles. The van der Waals surface area contributed by atoms with Crippen LogP contribution in [-0.4, -0.2) is 14.8 Å². The molecule has 0 N–H and O–H groups in total. The van der Waals surface area contributed by atoms with Gasteiger partial charge in [-0.3, -0.25) is 0 Å². The number of benzene rings is 1. The van der Waals surface area contributed by atoms with Crippen molar-refractivity contribution in [1.29, 1.82) is 0 Å². The van der Waals surface area contributed by atoms with E-state index >= 15 is 0 Å². The summed E-state index contributed by atoms with van der Waals surface area (Å²) in [6.45, 7) is 1.07. The van der Waals surface area contributed by atoms with Crippen LogP contribution in [0.3, 0.4) is 0 Å². The Balaban J connectivity index is 1.70. The maximum atomic E-state index is 4.34. The lowest BCUT2D eigenvalue weighted by Gasteiger charge is -2.06. The van der Waals surface area contributed by atoms with E-state index in [2.05, 4.69) is 55.0 Å². The van der Waals surface area contributed by atoms with Gasteiger partial charge in [-0.25, -0.2) is 0 Å². The molecule has 1 aromatic heterocycles. The van der Waals surface area contributed by atoms with Gasteiger partial charge < -0.3 is 4.57 Å². The highest BCUT2D eigenvalue weighted by Crippen LogP contribution is 2.25. The van der Waals surface area contributed by atoms with Crippen LogP contribution >= 0.6 is 27.7 Å². The van der Waals surface area contributed by atoms with Crippen molar-refractivity contribution in [2.24, 2.45) is 0 Å². The summed E-state index contributed by atoms with van der Waals surface area (Å²) in [5.41, 5.74) is 1.32. The zero-order valence-corrected chi connectivity index (χ0v) is 13.1. The molecule has 5 heteroatoms. The van der Waals surface area contributed by atoms with Crippen molar-refractivity contribution in [3.8, 4) is 0 Å². The third kappa shape index (κ3) is 3.20. The van der Waals surface area contributed by atoms with Crippen LogP contribution in [0.4, 0.5) is 0 Å². The zero-order valence-electron chi connectivity index (χ0n) is 10.7. The standard InChI is InChI=1S/C14H16BrN3S/c15-12-7-5-11(6-8-12)10-19-14-17-16-13-4-2-1-3-9-18(13)14/h5-8H,1-4,9-10H2. The summed E-state index contributed by atoms with van der Waals surface area (Å²) in [4.78, 5) is 0. The van der Waals surface area contributed by atoms with Crippen molar-refractivity contribution in [3.63, 3.8) is 0 Å². The molecule has 2 heterocycles. The summed E-state index contributed by atoms with van der Waals surface area (Å²) in [6.07, 6.45) is 4.87. The summed E-state index contributed by atoms with van der Waals surface area (Å²) in [5, 5.41) is 9.74. The van der Waals surface area contributed by atoms with Crippen molar-refractivity contribution < 1.29 is 0 Å². The fourth-order valence-corrected chi connectivity index (χ4v) is 3.50. The smallest absolute Gasteiger partial charge is 0.191 e. The number of halogens is 1. The molecule has 19 heavy (non-hydrogen) atoms. The lowest BCUT2D eigenvalue weighted by atomic mass is 10.2. The molecule has 3 rings (SSSR count). The number of fused-ring (bicyclic) bond motifs is 1. The molecule has 0 radical (unpaired) electrons. The zero-order chi connectivity index (χ0) is 13.1. The lowest BCUT2D eigenvalue weighted by molar-refractivity contribution is 0.591. The average molecular weight is 338 g/mol. The van der Waals surface area contributed by atoms with Crippen molar-refractivity contribution in [2.45, 2.75) is 43.1 Å². The van der Waals surface area contributed by atoms with Crippen LogP contribution in [0.1, 0.15) is 30.7 Å². The number of hydrogen-bond acceptors (Lipinski definition) is 3. The van der Waals surface area contributed by atoms with E-state index in [9.17, 15) is 0 Å². The van der Waals surface area contributed by atoms with Crippen LogP contribution in [0, 0.1) is 0 Å². The van der Waals surface area contributed by atoms with E-state index in [1.165, 1.54) is 24.8 Å². The van der Waals surface area contributed by atoms with Crippen LogP contribution in [-0.2, 0) is 18.7 Å². The highest BCUT2D eigenvalue weighted by atomic mass is 79.9. The maximum Gasteiger partial charge on any atom is 0.191 e. The lowest BCUT2D eigenvalue weighted by Crippen LogP contribution is -2.02. The SMILES string of the molecule is Brc1ccc(CSc2nnc3n2CCCCC3)cc1. The van der Waals surface area contributed by atoms with Crippen LogP contribution in [0.5, 0.6) is 0 Å². The normalized spacial score (nSPS) is 15.0. The number of hydrogen-bond donors (Lipinski definition) is 0. The number of thioether (sulfide) groups is 1. The number of aromatic nitrogens is 3. The van der Waals surface area contributed by atoms with Crippen molar-refractivity contribution in [2.75, 3.05) is 0 Å². The fraction of sp³-hybridized carbons (Fsp3) is 0.429. The molecule has 0 amide bonds. The van der Waals surface area contributed by atoms with E-state index in [4.69, 9.17) is 0 Å². The molecule has 1 aromatic carbocycles. The van der Waals surface area contributed by atoms with Crippen molar-refractivity contribution in [3.05, 3.63) is 40.1 Å². The Bertz CT molecular complexity index is 550. The van der Waals surface area contributed by atoms with Crippen LogP contribution < -0.4 is 0 Å². The Hall–Kier alpha value is -0.810. The molecule has 1 aliphatic heterocycles. The summed E-state index contributed by atoms with van der Waals surface area (Å²) in [7, 11) is 0. The topological polar surface area (TPSA) is 30.7 Å². The van der Waals surface area contributed by atoms with E-state index < -0.39 is 0 Å². The van der Waals surface area contributed by atoms with E-state index in [1.54, 1.807) is 11.8 Å². The first-order chi connectivity index (χ1) is 9.33. The van der Waals surface area contributed by atoms with E-state index in [0.717, 1.165) is 34.2 Å². The summed E-state index contributed by atoms with van der Waals surface area (Å²) < 4.78 is 3.42. The monoisotopic (exact) mass is 337 g/mol. The summed E-state index contributed by atoms with van der Waals surface area (Å²) >= 11 is 5.24. The van der Waals surface area contributed by atoms with E-state index in [1.807, 2.05) is 0 Å². The van der Waals surface area contributed by atoms with Crippen LogP contribution in [0.25, 0.3) is 0 Å². The third-order valence-corrected chi connectivity index (χ3v) is 4.92. The van der Waals surface area contributed by atoms with Crippen LogP contribution in [0.15, 0.2) is 33.9 Å². The quantitative estimate of drug-likeness (QED) is 0.791. The molecular formula is C14H16BrN3S. The summed E-state index contributed by atoms with van der Waals surface area (Å²) in [6, 6.07) is 8.47. The van der Waals surface area contributed by atoms with Crippen LogP contribution in [0.2, 0.25) is 0 Å². The minimum absolute atomic E-state index is 0.950. The largest absolute Gasteiger partial charge is 0.306 e. The van der Waals surface area contributed by atoms with Gasteiger partial charge in [0.1, 0.15) is 5.82 Å². The fourth-order valence-electron chi connectivity index (χ4n) is 2.29. The van der Waals surface area contributed by atoms with E-state index in [-0.39, 0.29) is 0 Å². The number of aryl methyl sites for hydroxylation is 1. The molecule has 0 fully saturated rings. The van der Waals surface area contributed by atoms with Gasteiger partial charge in [0, 0.05) is 23.2 Å². The second kappa shape index (κ2) is 6.09. The van der Waals surface area contributed by atoms with Gasteiger partial charge >= 0.3 is 0 Å². The minimum atomic E-state index is 0.950. The Morgan fingerprint density at radius 2 is 1.95 bits per heavy atom. The molecule has 0 atom stereocenters. The van der Waals surface area contributed by atoms with Gasteiger partial charge in [-0.05, 0) is 30.5 Å². The molecule has 1 aliphatic rings. The first kappa shape index (κ1) is 13.2. The molecule has 0 saturated heterocycles. The highest BCUT2D eigenvalue weighted by molar-refractivity contribution is 9.10. The molecule has 0 unspecified atom stereocenters. The molecule has 0 bridgehead atoms. The van der Waals surface area contributed by atoms with Gasteiger partial charge in [-0.1, -0.05) is 46.2 Å². The van der Waals surface area contributed by atoms with E-state index in [0.29, 0.717) is 0 Å². The molecule has 3 nitrogen and oxygen atoms in total.